The molecule has 1 aromatic heterocycles. The molecule has 0 radical (unpaired) electrons. The lowest BCUT2D eigenvalue weighted by Crippen LogP contribution is -2.12. The Morgan fingerprint density at radius 3 is 2.25 bits per heavy atom. The molecule has 0 bridgehead atoms. The second-order valence-corrected chi connectivity index (χ2v) is 10.9. The first-order valence-corrected chi connectivity index (χ1v) is 14.0. The first-order valence-electron chi connectivity index (χ1n) is 11.9. The van der Waals surface area contributed by atoms with Crippen LogP contribution in [-0.2, 0) is 32.4 Å². The van der Waals surface area contributed by atoms with Crippen molar-refractivity contribution in [2.75, 3.05) is 25.2 Å². The van der Waals surface area contributed by atoms with Crippen LogP contribution in [0.2, 0.25) is 0 Å². The van der Waals surface area contributed by atoms with Gasteiger partial charge in [-0.2, -0.15) is 0 Å². The van der Waals surface area contributed by atoms with Crippen LogP contribution < -0.4 is 9.47 Å². The lowest BCUT2D eigenvalue weighted by atomic mass is 9.99. The number of benzene rings is 2. The summed E-state index contributed by atoms with van der Waals surface area (Å²) < 4.78 is 39.2. The smallest absolute Gasteiger partial charge is 0.306 e. The molecule has 2 aromatic carbocycles. The Hall–Kier alpha value is -3.39. The molecule has 0 fully saturated rings. The molecule has 0 saturated carbocycles. The predicted octanol–water partition coefficient (Wildman–Crippen LogP) is 4.86. The summed E-state index contributed by atoms with van der Waals surface area (Å²) in [5.74, 6) is 0.946. The van der Waals surface area contributed by atoms with Crippen molar-refractivity contribution >= 4 is 15.8 Å². The van der Waals surface area contributed by atoms with Gasteiger partial charge in [-0.05, 0) is 67.6 Å². The van der Waals surface area contributed by atoms with Gasteiger partial charge in [-0.15, -0.1) is 0 Å². The van der Waals surface area contributed by atoms with E-state index in [1.807, 2.05) is 68.4 Å². The van der Waals surface area contributed by atoms with Gasteiger partial charge in [-0.3, -0.25) is 4.79 Å². The molecule has 0 N–H and O–H groups in total. The second-order valence-electron chi connectivity index (χ2n) is 8.68. The van der Waals surface area contributed by atoms with Gasteiger partial charge >= 0.3 is 5.97 Å². The molecule has 8 heteroatoms. The Morgan fingerprint density at radius 2 is 1.61 bits per heavy atom. The minimum atomic E-state index is -3.07. The summed E-state index contributed by atoms with van der Waals surface area (Å²) in [6.45, 7) is 6.65. The quantitative estimate of drug-likeness (QED) is 0.321. The monoisotopic (exact) mass is 511 g/mol. The number of hydrogen-bond acceptors (Lipinski definition) is 7. The minimum absolute atomic E-state index is 0.0237. The highest BCUT2D eigenvalue weighted by molar-refractivity contribution is 7.90. The van der Waals surface area contributed by atoms with E-state index in [-0.39, 0.29) is 18.3 Å². The van der Waals surface area contributed by atoms with Crippen LogP contribution in [0.4, 0.5) is 0 Å². The number of aromatic nitrogens is 1. The van der Waals surface area contributed by atoms with E-state index < -0.39 is 9.84 Å². The van der Waals surface area contributed by atoms with Gasteiger partial charge in [0.15, 0.2) is 9.84 Å². The second kappa shape index (κ2) is 12.5. The fourth-order valence-corrected chi connectivity index (χ4v) is 4.18. The average Bonchev–Trinajstić information content (AvgIpc) is 2.81. The van der Waals surface area contributed by atoms with Crippen LogP contribution in [0.15, 0.2) is 54.6 Å². The first-order chi connectivity index (χ1) is 17.1. The summed E-state index contributed by atoms with van der Waals surface area (Å²) in [5.41, 5.74) is 5.81. The van der Waals surface area contributed by atoms with Gasteiger partial charge in [0.2, 0.25) is 5.88 Å². The molecule has 3 rings (SSSR count). The standard InChI is InChI=1S/C28H33NO6S/c1-5-33-27(30)14-13-22-9-11-23(12-10-22)19-35-26-8-6-7-25(29-26)28-20(2)17-24(18-21(28)3)34-15-16-36(4,31)32/h6-12,17-18H,5,13-16,19H2,1-4H3. The maximum absolute atomic E-state index is 11.5. The zero-order valence-corrected chi connectivity index (χ0v) is 22.1. The van der Waals surface area contributed by atoms with Crippen molar-refractivity contribution in [3.63, 3.8) is 0 Å². The first kappa shape index (κ1) is 27.2. The zero-order chi connectivity index (χ0) is 26.1. The van der Waals surface area contributed by atoms with Gasteiger partial charge in [-0.25, -0.2) is 13.4 Å². The molecule has 0 aliphatic heterocycles. The summed E-state index contributed by atoms with van der Waals surface area (Å²) in [6, 6.07) is 17.4. The van der Waals surface area contributed by atoms with Gasteiger partial charge in [0.25, 0.3) is 0 Å². The van der Waals surface area contributed by atoms with Crippen molar-refractivity contribution < 1.29 is 27.4 Å². The van der Waals surface area contributed by atoms with Gasteiger partial charge < -0.3 is 14.2 Å². The van der Waals surface area contributed by atoms with E-state index in [9.17, 15) is 13.2 Å². The number of aryl methyl sites for hydroxylation is 3. The van der Waals surface area contributed by atoms with Crippen LogP contribution >= 0.6 is 0 Å². The summed E-state index contributed by atoms with van der Waals surface area (Å²) in [5, 5.41) is 0. The third-order valence-corrected chi connectivity index (χ3v) is 6.45. The van der Waals surface area contributed by atoms with E-state index >= 15 is 0 Å². The van der Waals surface area contributed by atoms with E-state index in [1.165, 1.54) is 6.26 Å². The van der Waals surface area contributed by atoms with E-state index in [4.69, 9.17) is 19.2 Å². The van der Waals surface area contributed by atoms with Crippen molar-refractivity contribution in [1.82, 2.24) is 4.98 Å². The zero-order valence-electron chi connectivity index (χ0n) is 21.2. The fraction of sp³-hybridized carbons (Fsp3) is 0.357. The molecule has 0 saturated heterocycles. The number of sulfone groups is 1. The van der Waals surface area contributed by atoms with Crippen molar-refractivity contribution in [3.05, 3.63) is 76.9 Å². The molecule has 0 aliphatic rings. The third-order valence-electron chi connectivity index (χ3n) is 5.54. The molecular weight excluding hydrogens is 478 g/mol. The fourth-order valence-electron chi connectivity index (χ4n) is 3.80. The Kier molecular flexibility index (Phi) is 9.47. The number of esters is 1. The Morgan fingerprint density at radius 1 is 0.944 bits per heavy atom. The average molecular weight is 512 g/mol. The summed E-state index contributed by atoms with van der Waals surface area (Å²) >= 11 is 0. The normalized spacial score (nSPS) is 11.2. The lowest BCUT2D eigenvalue weighted by molar-refractivity contribution is -0.143. The van der Waals surface area contributed by atoms with Gasteiger partial charge in [0.05, 0.1) is 18.1 Å². The molecule has 0 spiro atoms. The highest BCUT2D eigenvalue weighted by Gasteiger charge is 2.12. The molecule has 0 amide bonds. The SMILES string of the molecule is CCOC(=O)CCc1ccc(COc2cccc(-c3c(C)cc(OCCS(C)(=O)=O)cc3C)n2)cc1. The third kappa shape index (κ3) is 8.37. The number of carbonyl (C=O) groups is 1. The van der Waals surface area contributed by atoms with Crippen LogP contribution in [0.3, 0.4) is 0 Å². The van der Waals surface area contributed by atoms with Crippen LogP contribution in [0.5, 0.6) is 11.6 Å². The largest absolute Gasteiger partial charge is 0.493 e. The Bertz CT molecular complexity index is 1260. The highest BCUT2D eigenvalue weighted by Crippen LogP contribution is 2.31. The van der Waals surface area contributed by atoms with E-state index in [2.05, 4.69) is 0 Å². The van der Waals surface area contributed by atoms with Crippen LogP contribution in [0, 0.1) is 13.8 Å². The summed E-state index contributed by atoms with van der Waals surface area (Å²) in [7, 11) is -3.07. The van der Waals surface area contributed by atoms with E-state index in [0.29, 0.717) is 37.7 Å². The van der Waals surface area contributed by atoms with Crippen molar-refractivity contribution in [3.8, 4) is 22.9 Å². The Balaban J connectivity index is 1.63. The van der Waals surface area contributed by atoms with Crippen molar-refractivity contribution in [2.45, 2.75) is 40.2 Å². The molecular formula is C28H33NO6S. The Labute approximate surface area is 213 Å². The number of ether oxygens (including phenoxy) is 3. The lowest BCUT2D eigenvalue weighted by Gasteiger charge is -2.14. The number of nitrogens with zero attached hydrogens (tertiary/aromatic N) is 1. The van der Waals surface area contributed by atoms with E-state index in [0.717, 1.165) is 33.5 Å². The van der Waals surface area contributed by atoms with Crippen molar-refractivity contribution in [1.29, 1.82) is 0 Å². The molecule has 0 atom stereocenters. The number of pyridine rings is 1. The molecule has 1 heterocycles. The van der Waals surface area contributed by atoms with Gasteiger partial charge in [-0.1, -0.05) is 30.3 Å². The van der Waals surface area contributed by atoms with Crippen molar-refractivity contribution in [2.24, 2.45) is 0 Å². The predicted molar refractivity (Wildman–Crippen MR) is 140 cm³/mol. The number of hydrogen-bond donors (Lipinski definition) is 0. The van der Waals surface area contributed by atoms with Gasteiger partial charge in [0, 0.05) is 24.3 Å². The molecule has 0 unspecified atom stereocenters. The van der Waals surface area contributed by atoms with Crippen LogP contribution in [0.1, 0.15) is 35.6 Å². The topological polar surface area (TPSA) is 91.8 Å². The van der Waals surface area contributed by atoms with Crippen LogP contribution in [-0.4, -0.2) is 44.6 Å². The van der Waals surface area contributed by atoms with E-state index in [1.54, 1.807) is 6.92 Å². The number of rotatable bonds is 12. The maximum atomic E-state index is 11.5. The summed E-state index contributed by atoms with van der Waals surface area (Å²) in [6.07, 6.45) is 2.21. The van der Waals surface area contributed by atoms with Crippen LogP contribution in [0.25, 0.3) is 11.3 Å². The maximum Gasteiger partial charge on any atom is 0.306 e. The minimum Gasteiger partial charge on any atom is -0.493 e. The van der Waals surface area contributed by atoms with Gasteiger partial charge in [0.1, 0.15) is 19.0 Å². The molecule has 3 aromatic rings. The molecule has 7 nitrogen and oxygen atoms in total. The number of carbonyl (C=O) groups excluding carboxylic acids is 1. The highest BCUT2D eigenvalue weighted by atomic mass is 32.2. The summed E-state index contributed by atoms with van der Waals surface area (Å²) in [4.78, 5) is 16.2. The molecule has 192 valence electrons. The molecule has 36 heavy (non-hydrogen) atoms. The molecule has 0 aliphatic carbocycles.